The van der Waals surface area contributed by atoms with Gasteiger partial charge in [0.1, 0.15) is 6.23 Å². The molecule has 1 saturated carbocycles. The van der Waals surface area contributed by atoms with E-state index >= 15 is 0 Å². The Morgan fingerprint density at radius 2 is 1.97 bits per heavy atom. The predicted octanol–water partition coefficient (Wildman–Crippen LogP) is 4.52. The summed E-state index contributed by atoms with van der Waals surface area (Å²) in [6.45, 7) is 2.40. The van der Waals surface area contributed by atoms with Crippen LogP contribution in [0.2, 0.25) is 0 Å². The number of pyridine rings is 1. The minimum atomic E-state index is -1.03. The molecule has 2 aliphatic carbocycles. The molecule has 3 aromatic rings. The number of benzene rings is 2. The van der Waals surface area contributed by atoms with Crippen LogP contribution >= 0.6 is 0 Å². The Hall–Kier alpha value is -3.25. The van der Waals surface area contributed by atoms with Crippen molar-refractivity contribution < 1.29 is 19.8 Å². The van der Waals surface area contributed by atoms with Gasteiger partial charge >= 0.3 is 5.97 Å². The van der Waals surface area contributed by atoms with Crippen molar-refractivity contribution in [2.45, 2.75) is 58.1 Å². The lowest BCUT2D eigenvalue weighted by molar-refractivity contribution is 0.0696. The number of aromatic nitrogens is 1. The number of aromatic carboxylic acids is 1. The van der Waals surface area contributed by atoms with Crippen LogP contribution in [0.1, 0.15) is 70.1 Å². The number of fused-ring (bicyclic) bond motifs is 2. The average Bonchev–Trinajstić information content (AvgIpc) is 3.59. The molecule has 2 aromatic carbocycles. The van der Waals surface area contributed by atoms with Crippen molar-refractivity contribution in [3.63, 3.8) is 0 Å². The first kappa shape index (κ1) is 22.5. The molecule has 0 bridgehead atoms. The van der Waals surface area contributed by atoms with E-state index in [1.807, 2.05) is 18.2 Å². The minimum Gasteiger partial charge on any atom is -0.478 e. The molecule has 0 unspecified atom stereocenters. The predicted molar refractivity (Wildman–Crippen MR) is 130 cm³/mol. The van der Waals surface area contributed by atoms with Gasteiger partial charge in [0.2, 0.25) is 0 Å². The number of nitrogens with zero attached hydrogens (tertiary/aromatic N) is 1. The summed E-state index contributed by atoms with van der Waals surface area (Å²) < 4.78 is 0. The fourth-order valence-corrected chi connectivity index (χ4v) is 5.14. The molecule has 0 saturated heterocycles. The van der Waals surface area contributed by atoms with Gasteiger partial charge in [0.15, 0.2) is 0 Å². The zero-order valence-electron chi connectivity index (χ0n) is 19.4. The molecule has 1 fully saturated rings. The van der Waals surface area contributed by atoms with Gasteiger partial charge in [0.05, 0.1) is 11.1 Å². The molecule has 2 atom stereocenters. The molecule has 1 aromatic heterocycles. The maximum Gasteiger partial charge on any atom is 0.335 e. The number of rotatable bonds is 7. The molecule has 3 N–H and O–H groups in total. The van der Waals surface area contributed by atoms with Crippen molar-refractivity contribution in [2.24, 2.45) is 11.3 Å². The molecule has 0 aliphatic heterocycles. The van der Waals surface area contributed by atoms with E-state index in [0.717, 1.165) is 35.2 Å². The molecule has 5 rings (SSSR count). The van der Waals surface area contributed by atoms with Crippen LogP contribution in [-0.2, 0) is 19.3 Å². The van der Waals surface area contributed by atoms with Crippen LogP contribution < -0.4 is 5.32 Å². The molecule has 0 radical (unpaired) electrons. The molecular formula is C28H30N2O4. The Labute approximate surface area is 199 Å². The first-order valence-electron chi connectivity index (χ1n) is 12.0. The number of carbonyl (C=O) groups is 2. The van der Waals surface area contributed by atoms with Crippen LogP contribution in [-0.4, -0.2) is 33.3 Å². The second-order valence-corrected chi connectivity index (χ2v) is 10.1. The highest BCUT2D eigenvalue weighted by molar-refractivity contribution is 5.98. The maximum absolute atomic E-state index is 12.8. The first-order chi connectivity index (χ1) is 16.3. The van der Waals surface area contributed by atoms with Gasteiger partial charge in [-0.1, -0.05) is 19.1 Å². The smallest absolute Gasteiger partial charge is 0.335 e. The molecule has 6 nitrogen and oxygen atoms in total. The Balaban J connectivity index is 1.25. The zero-order chi connectivity index (χ0) is 23.9. The number of carbonyl (C=O) groups excluding carboxylic acids is 1. The summed E-state index contributed by atoms with van der Waals surface area (Å²) in [6, 6.07) is 14.3. The summed E-state index contributed by atoms with van der Waals surface area (Å²) in [5.74, 6) is -0.605. The summed E-state index contributed by atoms with van der Waals surface area (Å²) in [7, 11) is 0. The first-order valence-corrected chi connectivity index (χ1v) is 12.0. The number of aliphatic hydroxyl groups excluding tert-OH is 1. The topological polar surface area (TPSA) is 99.5 Å². The molecule has 2 aliphatic rings. The third-order valence-corrected chi connectivity index (χ3v) is 7.64. The summed E-state index contributed by atoms with van der Waals surface area (Å²) in [4.78, 5) is 28.8. The van der Waals surface area contributed by atoms with Gasteiger partial charge in [-0.05, 0) is 104 Å². The summed E-state index contributed by atoms with van der Waals surface area (Å²) in [5.41, 5.74) is 5.38. The summed E-state index contributed by atoms with van der Waals surface area (Å²) in [5, 5.41) is 23.1. The van der Waals surface area contributed by atoms with Crippen molar-refractivity contribution in [3.8, 4) is 0 Å². The quantitative estimate of drug-likeness (QED) is 0.452. The summed E-state index contributed by atoms with van der Waals surface area (Å²) in [6.07, 6.45) is 5.66. The van der Waals surface area contributed by atoms with Crippen LogP contribution in [0.25, 0.3) is 10.9 Å². The standard InChI is InChI=1S/C28H30N2O4/c1-28(11-12-28)22-7-9-24-21(16-22)15-20-14-18(6-8-23(20)29-24)26(32)30-25(31)10-5-17-3-2-4-19(13-17)27(33)34/h2-4,6,8,13-15,22,25,31H,5,7,9-12,16H2,1H3,(H,30,32)(H,33,34)/t22-,25+/m0/s1. The molecule has 1 heterocycles. The van der Waals surface area contributed by atoms with Gasteiger partial charge in [-0.25, -0.2) is 4.79 Å². The van der Waals surface area contributed by atoms with E-state index < -0.39 is 12.2 Å². The van der Waals surface area contributed by atoms with E-state index in [9.17, 15) is 14.7 Å². The van der Waals surface area contributed by atoms with Crippen molar-refractivity contribution in [3.05, 3.63) is 76.5 Å². The number of hydrogen-bond donors (Lipinski definition) is 3. The average molecular weight is 459 g/mol. The van der Waals surface area contributed by atoms with Crippen LogP contribution in [0.15, 0.2) is 48.5 Å². The molecule has 34 heavy (non-hydrogen) atoms. The monoisotopic (exact) mass is 458 g/mol. The lowest BCUT2D eigenvalue weighted by atomic mass is 9.77. The lowest BCUT2D eigenvalue weighted by Crippen LogP contribution is -2.35. The van der Waals surface area contributed by atoms with Gasteiger partial charge in [-0.15, -0.1) is 0 Å². The lowest BCUT2D eigenvalue weighted by Gasteiger charge is -2.29. The van der Waals surface area contributed by atoms with Crippen LogP contribution in [0.3, 0.4) is 0 Å². The van der Waals surface area contributed by atoms with Crippen LogP contribution in [0.4, 0.5) is 0 Å². The fraction of sp³-hybridized carbons (Fsp3) is 0.393. The summed E-state index contributed by atoms with van der Waals surface area (Å²) >= 11 is 0. The van der Waals surface area contributed by atoms with Gasteiger partial charge in [-0.2, -0.15) is 0 Å². The largest absolute Gasteiger partial charge is 0.478 e. The van der Waals surface area contributed by atoms with Gasteiger partial charge in [0, 0.05) is 16.6 Å². The number of amides is 1. The highest BCUT2D eigenvalue weighted by Crippen LogP contribution is 2.55. The Morgan fingerprint density at radius 1 is 1.15 bits per heavy atom. The number of carboxylic acids is 1. The second kappa shape index (κ2) is 8.84. The van der Waals surface area contributed by atoms with Crippen molar-refractivity contribution in [1.29, 1.82) is 0 Å². The van der Waals surface area contributed by atoms with E-state index in [2.05, 4.69) is 18.3 Å². The number of carboxylic acid groups (broad SMARTS) is 1. The molecular weight excluding hydrogens is 428 g/mol. The van der Waals surface area contributed by atoms with E-state index in [1.165, 1.54) is 36.6 Å². The molecule has 176 valence electrons. The van der Waals surface area contributed by atoms with Crippen LogP contribution in [0, 0.1) is 11.3 Å². The normalized spacial score (nSPS) is 19.3. The highest BCUT2D eigenvalue weighted by Gasteiger charge is 2.45. The Kier molecular flexibility index (Phi) is 5.86. The van der Waals surface area contributed by atoms with Gasteiger partial charge in [-0.3, -0.25) is 9.78 Å². The van der Waals surface area contributed by atoms with Crippen molar-refractivity contribution in [1.82, 2.24) is 10.3 Å². The number of nitrogens with one attached hydrogen (secondary N) is 1. The second-order valence-electron chi connectivity index (χ2n) is 10.1. The molecule has 1 amide bonds. The van der Waals surface area contributed by atoms with E-state index in [4.69, 9.17) is 10.1 Å². The third-order valence-electron chi connectivity index (χ3n) is 7.64. The van der Waals surface area contributed by atoms with E-state index in [0.29, 0.717) is 17.4 Å². The van der Waals surface area contributed by atoms with Crippen LogP contribution in [0.5, 0.6) is 0 Å². The zero-order valence-corrected chi connectivity index (χ0v) is 19.4. The number of aliphatic hydroxyl groups is 1. The van der Waals surface area contributed by atoms with E-state index in [1.54, 1.807) is 18.2 Å². The molecule has 6 heteroatoms. The Morgan fingerprint density at radius 3 is 2.74 bits per heavy atom. The molecule has 0 spiro atoms. The maximum atomic E-state index is 12.8. The highest BCUT2D eigenvalue weighted by atomic mass is 16.4. The minimum absolute atomic E-state index is 0.209. The number of aryl methyl sites for hydroxylation is 2. The van der Waals surface area contributed by atoms with Crippen molar-refractivity contribution >= 4 is 22.8 Å². The third kappa shape index (κ3) is 4.68. The fourth-order valence-electron chi connectivity index (χ4n) is 5.14. The Bertz CT molecular complexity index is 1260. The van der Waals surface area contributed by atoms with Crippen molar-refractivity contribution in [2.75, 3.05) is 0 Å². The van der Waals surface area contributed by atoms with Gasteiger partial charge in [0.25, 0.3) is 5.91 Å². The van der Waals surface area contributed by atoms with E-state index in [-0.39, 0.29) is 17.9 Å². The SMILES string of the molecule is CC1([C@H]2CCc3nc4ccc(C(=O)N[C@H](O)CCc5cccc(C(=O)O)c5)cc4cc3C2)CC1. The number of hydrogen-bond acceptors (Lipinski definition) is 4. The van der Waals surface area contributed by atoms with Gasteiger partial charge < -0.3 is 15.5 Å².